The highest BCUT2D eigenvalue weighted by molar-refractivity contribution is 5.08. The lowest BCUT2D eigenvalue weighted by atomic mass is 9.46. The first-order valence-electron chi connectivity index (χ1n) is 11.8. The molecule has 0 aromatic heterocycles. The summed E-state index contributed by atoms with van der Waals surface area (Å²) in [4.78, 5) is 0. The lowest BCUT2D eigenvalue weighted by molar-refractivity contribution is -0.202. The third-order valence-electron chi connectivity index (χ3n) is 9.39. The van der Waals surface area contributed by atoms with Crippen molar-refractivity contribution >= 4 is 0 Å². The molecule has 6 heteroatoms. The summed E-state index contributed by atoms with van der Waals surface area (Å²) in [5, 5.41) is 0. The second-order valence-electron chi connectivity index (χ2n) is 10.0. The Balaban J connectivity index is 1.67. The molecule has 6 nitrogen and oxygen atoms in total. The second kappa shape index (κ2) is 9.72. The van der Waals surface area contributed by atoms with E-state index in [0.717, 1.165) is 38.5 Å². The van der Waals surface area contributed by atoms with Gasteiger partial charge in [0.05, 0.1) is 36.6 Å². The Morgan fingerprint density at radius 3 is 0.533 bits per heavy atom. The van der Waals surface area contributed by atoms with Crippen molar-refractivity contribution in [3.8, 4) is 0 Å². The molecule has 6 atom stereocenters. The molecule has 0 bridgehead atoms. The lowest BCUT2D eigenvalue weighted by Crippen LogP contribution is -2.60. The minimum absolute atomic E-state index is 0.183. The van der Waals surface area contributed by atoms with Crippen molar-refractivity contribution in [3.05, 3.63) is 0 Å². The van der Waals surface area contributed by atoms with E-state index in [4.69, 9.17) is 28.4 Å². The molecule has 4 aliphatic carbocycles. The van der Waals surface area contributed by atoms with Crippen LogP contribution < -0.4 is 0 Å². The van der Waals surface area contributed by atoms with Crippen molar-refractivity contribution in [1.82, 2.24) is 0 Å². The van der Waals surface area contributed by atoms with Crippen molar-refractivity contribution in [3.63, 3.8) is 0 Å². The van der Waals surface area contributed by atoms with Gasteiger partial charge in [0.25, 0.3) is 0 Å². The molecule has 4 aliphatic rings. The van der Waals surface area contributed by atoms with Crippen LogP contribution in [0.5, 0.6) is 0 Å². The van der Waals surface area contributed by atoms with Crippen LogP contribution in [0.4, 0.5) is 0 Å². The SMILES string of the molecule is COC1CC2C3CC(OC)C(OC)CC3C3CC(OC)C(OC)CC3C2CC1OC. The maximum absolute atomic E-state index is 5.91. The Morgan fingerprint density at radius 1 is 0.300 bits per heavy atom. The van der Waals surface area contributed by atoms with Gasteiger partial charge in [-0.1, -0.05) is 0 Å². The van der Waals surface area contributed by atoms with Crippen LogP contribution >= 0.6 is 0 Å². The maximum atomic E-state index is 5.91. The summed E-state index contributed by atoms with van der Waals surface area (Å²) in [6.07, 6.45) is 7.62. The lowest BCUT2D eigenvalue weighted by Gasteiger charge is -2.61. The molecule has 0 amide bonds. The highest BCUT2D eigenvalue weighted by atomic mass is 16.5. The molecule has 174 valence electrons. The molecule has 0 N–H and O–H groups in total. The highest BCUT2D eigenvalue weighted by Gasteiger charge is 2.58. The molecule has 0 saturated heterocycles. The third kappa shape index (κ3) is 3.86. The van der Waals surface area contributed by atoms with E-state index >= 15 is 0 Å². The van der Waals surface area contributed by atoms with Crippen molar-refractivity contribution in [1.29, 1.82) is 0 Å². The van der Waals surface area contributed by atoms with Crippen LogP contribution in [0.3, 0.4) is 0 Å². The summed E-state index contributed by atoms with van der Waals surface area (Å²) in [6.45, 7) is 0. The molecule has 0 heterocycles. The van der Waals surface area contributed by atoms with Crippen LogP contribution in [-0.2, 0) is 28.4 Å². The molecule has 4 saturated carbocycles. The number of ether oxygens (including phenoxy) is 6. The first-order chi connectivity index (χ1) is 14.6. The standard InChI is InChI=1S/C24H42O6/c1-25-19-7-13-14(8-20(19)26-2)16-10-22(28-4)24(30-6)12-18(16)17-11-23(29-5)21(27-3)9-15(13)17/h13-24H,7-12H2,1-6H3. The minimum atomic E-state index is 0.183. The van der Waals surface area contributed by atoms with Crippen LogP contribution in [0.25, 0.3) is 0 Å². The molecule has 4 fully saturated rings. The smallest absolute Gasteiger partial charge is 0.0835 e. The van der Waals surface area contributed by atoms with E-state index in [1.165, 1.54) is 0 Å². The van der Waals surface area contributed by atoms with Crippen molar-refractivity contribution in [2.45, 2.75) is 75.1 Å². The number of fused-ring (bicyclic) bond motifs is 6. The van der Waals surface area contributed by atoms with Gasteiger partial charge in [-0.3, -0.25) is 0 Å². The molecule has 0 aromatic rings. The van der Waals surface area contributed by atoms with Crippen molar-refractivity contribution in [2.75, 3.05) is 42.7 Å². The predicted octanol–water partition coefficient (Wildman–Crippen LogP) is 3.17. The average Bonchev–Trinajstić information content (AvgIpc) is 2.81. The Kier molecular flexibility index (Phi) is 7.43. The van der Waals surface area contributed by atoms with E-state index in [-0.39, 0.29) is 36.6 Å². The fourth-order valence-corrected chi connectivity index (χ4v) is 8.01. The highest BCUT2D eigenvalue weighted by Crippen LogP contribution is 2.60. The summed E-state index contributed by atoms with van der Waals surface area (Å²) in [7, 11) is 11.0. The van der Waals surface area contributed by atoms with Gasteiger partial charge in [-0.2, -0.15) is 0 Å². The minimum Gasteiger partial charge on any atom is -0.379 e. The van der Waals surface area contributed by atoms with Crippen molar-refractivity contribution in [2.24, 2.45) is 35.5 Å². The summed E-state index contributed by atoms with van der Waals surface area (Å²) in [6, 6.07) is 0. The van der Waals surface area contributed by atoms with Gasteiger partial charge in [-0.15, -0.1) is 0 Å². The fourth-order valence-electron chi connectivity index (χ4n) is 8.01. The molecule has 0 radical (unpaired) electrons. The van der Waals surface area contributed by atoms with Gasteiger partial charge in [-0.05, 0) is 74.0 Å². The van der Waals surface area contributed by atoms with Crippen molar-refractivity contribution < 1.29 is 28.4 Å². The van der Waals surface area contributed by atoms with E-state index in [1.54, 1.807) is 0 Å². The van der Waals surface area contributed by atoms with Gasteiger partial charge in [0.1, 0.15) is 0 Å². The molecular formula is C24H42O6. The van der Waals surface area contributed by atoms with Gasteiger partial charge in [0.2, 0.25) is 0 Å². The Labute approximate surface area is 182 Å². The molecule has 0 aromatic carbocycles. The number of hydrogen-bond donors (Lipinski definition) is 0. The van der Waals surface area contributed by atoms with Crippen LogP contribution in [-0.4, -0.2) is 79.3 Å². The van der Waals surface area contributed by atoms with Gasteiger partial charge in [0, 0.05) is 42.7 Å². The molecular weight excluding hydrogens is 384 g/mol. The zero-order chi connectivity index (χ0) is 21.4. The van der Waals surface area contributed by atoms with Gasteiger partial charge in [0.15, 0.2) is 0 Å². The fraction of sp³-hybridized carbons (Fsp3) is 1.00. The summed E-state index contributed by atoms with van der Waals surface area (Å²) >= 11 is 0. The zero-order valence-corrected chi connectivity index (χ0v) is 19.6. The average molecular weight is 427 g/mol. The normalized spacial score (nSPS) is 51.0. The maximum Gasteiger partial charge on any atom is 0.0835 e. The predicted molar refractivity (Wildman–Crippen MR) is 113 cm³/mol. The topological polar surface area (TPSA) is 55.4 Å². The Morgan fingerprint density at radius 2 is 0.433 bits per heavy atom. The quantitative estimate of drug-likeness (QED) is 0.650. The van der Waals surface area contributed by atoms with Gasteiger partial charge >= 0.3 is 0 Å². The van der Waals surface area contributed by atoms with E-state index in [9.17, 15) is 0 Å². The number of hydrogen-bond acceptors (Lipinski definition) is 6. The largest absolute Gasteiger partial charge is 0.379 e. The summed E-state index contributed by atoms with van der Waals surface area (Å²) in [5.41, 5.74) is 0. The summed E-state index contributed by atoms with van der Waals surface area (Å²) in [5.74, 6) is 3.91. The molecule has 0 aliphatic heterocycles. The van der Waals surface area contributed by atoms with Crippen LogP contribution in [0.1, 0.15) is 38.5 Å². The number of methoxy groups -OCH3 is 6. The molecule has 30 heavy (non-hydrogen) atoms. The number of rotatable bonds is 6. The summed E-state index contributed by atoms with van der Waals surface area (Å²) < 4.78 is 35.4. The zero-order valence-electron chi connectivity index (χ0n) is 19.6. The van der Waals surface area contributed by atoms with Gasteiger partial charge in [-0.25, -0.2) is 0 Å². The van der Waals surface area contributed by atoms with E-state index in [0.29, 0.717) is 35.5 Å². The monoisotopic (exact) mass is 426 g/mol. The molecule has 6 unspecified atom stereocenters. The van der Waals surface area contributed by atoms with Gasteiger partial charge < -0.3 is 28.4 Å². The van der Waals surface area contributed by atoms with Crippen LogP contribution in [0.2, 0.25) is 0 Å². The Bertz CT molecular complexity index is 422. The third-order valence-corrected chi connectivity index (χ3v) is 9.39. The Hall–Kier alpha value is -0.240. The van der Waals surface area contributed by atoms with Crippen LogP contribution in [0, 0.1) is 35.5 Å². The van der Waals surface area contributed by atoms with E-state index in [2.05, 4.69) is 0 Å². The molecule has 4 rings (SSSR count). The first-order valence-corrected chi connectivity index (χ1v) is 11.8. The van der Waals surface area contributed by atoms with E-state index < -0.39 is 0 Å². The first kappa shape index (κ1) is 22.9. The van der Waals surface area contributed by atoms with Crippen LogP contribution in [0.15, 0.2) is 0 Å². The molecule has 0 spiro atoms. The van der Waals surface area contributed by atoms with E-state index in [1.807, 2.05) is 42.7 Å². The second-order valence-corrected chi connectivity index (χ2v) is 10.0.